The number of fused-ring (bicyclic) bond motifs is 1. The summed E-state index contributed by atoms with van der Waals surface area (Å²) in [5, 5.41) is 3.41. The van der Waals surface area contributed by atoms with Crippen LogP contribution < -0.4 is 5.32 Å². The van der Waals surface area contributed by atoms with Gasteiger partial charge in [-0.1, -0.05) is 12.1 Å². The summed E-state index contributed by atoms with van der Waals surface area (Å²) in [7, 11) is 3.51. The summed E-state index contributed by atoms with van der Waals surface area (Å²) in [6, 6.07) is 7.02. The van der Waals surface area contributed by atoms with E-state index in [4.69, 9.17) is 9.47 Å². The molecule has 2 amide bonds. The number of unbranched alkanes of at least 4 members (excludes halogenated alkanes) is 1. The zero-order valence-electron chi connectivity index (χ0n) is 18.6. The number of nitrogens with one attached hydrogen (secondary N) is 1. The molecular weight excluding hydrogens is 396 g/mol. The van der Waals surface area contributed by atoms with Gasteiger partial charge >= 0.3 is 0 Å². The minimum absolute atomic E-state index is 0.184. The second-order valence-corrected chi connectivity index (χ2v) is 7.89. The Hall–Kier alpha value is -2.45. The molecule has 0 saturated carbocycles. The second kappa shape index (κ2) is 11.8. The monoisotopic (exact) mass is 430 g/mol. The number of imide groups is 1. The van der Waals surface area contributed by atoms with E-state index in [0.717, 1.165) is 70.9 Å². The van der Waals surface area contributed by atoms with Crippen molar-refractivity contribution in [3.05, 3.63) is 35.4 Å². The molecule has 2 aliphatic rings. The number of hydrogen-bond donors (Lipinski definition) is 1. The van der Waals surface area contributed by atoms with Gasteiger partial charge in [0, 0.05) is 53.6 Å². The number of carbonyl (C=O) groups is 2. The number of aliphatic imine (C=N–C) groups is 1. The largest absolute Gasteiger partial charge is 0.385 e. The standard InChI is InChI=1S/C23H34N4O4/c1-24-23(26-14-10-18(11-15-26)31-17-7-16-30-2)25-12-5-6-13-27-21(28)19-8-3-4-9-20(19)22(27)29/h3-4,8-9,18H,5-7,10-17H2,1-2H3,(H,24,25). The molecule has 2 aliphatic heterocycles. The quantitative estimate of drug-likeness (QED) is 0.265. The maximum absolute atomic E-state index is 12.4. The molecular formula is C23H34N4O4. The highest BCUT2D eigenvalue weighted by Gasteiger charge is 2.34. The van der Waals surface area contributed by atoms with E-state index in [9.17, 15) is 9.59 Å². The molecule has 2 heterocycles. The molecule has 3 rings (SSSR count). The van der Waals surface area contributed by atoms with Crippen molar-refractivity contribution < 1.29 is 19.1 Å². The summed E-state index contributed by atoms with van der Waals surface area (Å²) in [5.41, 5.74) is 1.02. The van der Waals surface area contributed by atoms with Crippen molar-refractivity contribution in [1.29, 1.82) is 0 Å². The number of piperidine rings is 1. The third-order valence-electron chi connectivity index (χ3n) is 5.77. The molecule has 0 bridgehead atoms. The van der Waals surface area contributed by atoms with Gasteiger partial charge in [-0.2, -0.15) is 0 Å². The van der Waals surface area contributed by atoms with Gasteiger partial charge in [0.15, 0.2) is 5.96 Å². The van der Waals surface area contributed by atoms with Gasteiger partial charge in [-0.05, 0) is 44.2 Å². The van der Waals surface area contributed by atoms with Gasteiger partial charge in [-0.3, -0.25) is 19.5 Å². The number of amides is 2. The number of likely N-dealkylation sites (tertiary alicyclic amines) is 1. The minimum atomic E-state index is -0.184. The predicted molar refractivity (Wildman–Crippen MR) is 119 cm³/mol. The zero-order chi connectivity index (χ0) is 22.1. The third kappa shape index (κ3) is 6.04. The molecule has 0 radical (unpaired) electrons. The molecule has 8 nitrogen and oxygen atoms in total. The number of hydrogen-bond acceptors (Lipinski definition) is 5. The lowest BCUT2D eigenvalue weighted by Crippen LogP contribution is -2.47. The Morgan fingerprint density at radius 3 is 2.35 bits per heavy atom. The molecule has 1 fully saturated rings. The molecule has 0 aromatic heterocycles. The van der Waals surface area contributed by atoms with Crippen LogP contribution in [-0.4, -0.2) is 87.2 Å². The summed E-state index contributed by atoms with van der Waals surface area (Å²) in [6.07, 6.45) is 4.84. The number of carbonyl (C=O) groups excluding carboxylic acids is 2. The van der Waals surface area contributed by atoms with Crippen LogP contribution in [0.5, 0.6) is 0 Å². The van der Waals surface area contributed by atoms with E-state index in [1.807, 2.05) is 0 Å². The van der Waals surface area contributed by atoms with Crippen LogP contribution in [0.1, 0.15) is 52.8 Å². The fourth-order valence-electron chi connectivity index (χ4n) is 4.06. The fraction of sp³-hybridized carbons (Fsp3) is 0.609. The van der Waals surface area contributed by atoms with Gasteiger partial charge in [-0.25, -0.2) is 0 Å². The Kier molecular flexibility index (Phi) is 8.85. The van der Waals surface area contributed by atoms with Crippen LogP contribution >= 0.6 is 0 Å². The lowest BCUT2D eigenvalue weighted by molar-refractivity contribution is 0.00990. The average molecular weight is 431 g/mol. The summed E-state index contributed by atoms with van der Waals surface area (Å²) in [6.45, 7) is 4.52. The van der Waals surface area contributed by atoms with Crippen molar-refractivity contribution in [3.8, 4) is 0 Å². The molecule has 31 heavy (non-hydrogen) atoms. The summed E-state index contributed by atoms with van der Waals surface area (Å²) in [4.78, 5) is 32.8. The van der Waals surface area contributed by atoms with Crippen molar-refractivity contribution in [1.82, 2.24) is 15.1 Å². The first-order chi connectivity index (χ1) is 15.2. The van der Waals surface area contributed by atoms with Gasteiger partial charge in [0.05, 0.1) is 17.2 Å². The lowest BCUT2D eigenvalue weighted by Gasteiger charge is -2.34. The van der Waals surface area contributed by atoms with Crippen molar-refractivity contribution >= 4 is 17.8 Å². The molecule has 170 valence electrons. The van der Waals surface area contributed by atoms with Crippen LogP contribution in [0.15, 0.2) is 29.3 Å². The van der Waals surface area contributed by atoms with Crippen LogP contribution in [-0.2, 0) is 9.47 Å². The van der Waals surface area contributed by atoms with E-state index in [-0.39, 0.29) is 11.8 Å². The second-order valence-electron chi connectivity index (χ2n) is 7.89. The summed E-state index contributed by atoms with van der Waals surface area (Å²) in [5.74, 6) is 0.534. The highest BCUT2D eigenvalue weighted by Crippen LogP contribution is 2.22. The van der Waals surface area contributed by atoms with Gasteiger partial charge in [-0.15, -0.1) is 0 Å². The van der Waals surface area contributed by atoms with Crippen LogP contribution in [0.3, 0.4) is 0 Å². The maximum atomic E-state index is 12.4. The smallest absolute Gasteiger partial charge is 0.261 e. The van der Waals surface area contributed by atoms with E-state index in [1.165, 1.54) is 4.90 Å². The molecule has 1 aromatic carbocycles. The van der Waals surface area contributed by atoms with Crippen molar-refractivity contribution in [2.45, 2.75) is 38.2 Å². The van der Waals surface area contributed by atoms with Gasteiger partial charge in [0.1, 0.15) is 0 Å². The van der Waals surface area contributed by atoms with E-state index in [2.05, 4.69) is 15.2 Å². The summed E-state index contributed by atoms with van der Waals surface area (Å²) >= 11 is 0. The minimum Gasteiger partial charge on any atom is -0.385 e. The first-order valence-electron chi connectivity index (χ1n) is 11.2. The zero-order valence-corrected chi connectivity index (χ0v) is 18.6. The van der Waals surface area contributed by atoms with E-state index in [1.54, 1.807) is 38.4 Å². The van der Waals surface area contributed by atoms with Gasteiger partial charge in [0.2, 0.25) is 0 Å². The molecule has 1 saturated heterocycles. The first kappa shape index (κ1) is 23.2. The number of guanidine groups is 1. The Balaban J connectivity index is 1.32. The molecule has 0 aliphatic carbocycles. The van der Waals surface area contributed by atoms with E-state index >= 15 is 0 Å². The predicted octanol–water partition coefficient (Wildman–Crippen LogP) is 2.16. The molecule has 8 heteroatoms. The van der Waals surface area contributed by atoms with Crippen molar-refractivity contribution in [2.24, 2.45) is 4.99 Å². The van der Waals surface area contributed by atoms with Crippen molar-refractivity contribution in [3.63, 3.8) is 0 Å². The van der Waals surface area contributed by atoms with Crippen molar-refractivity contribution in [2.75, 3.05) is 53.6 Å². The molecule has 0 atom stereocenters. The summed E-state index contributed by atoms with van der Waals surface area (Å²) < 4.78 is 11.0. The van der Waals surface area contributed by atoms with E-state index in [0.29, 0.717) is 23.8 Å². The number of methoxy groups -OCH3 is 1. The van der Waals surface area contributed by atoms with Crippen LogP contribution in [0.25, 0.3) is 0 Å². The van der Waals surface area contributed by atoms with Crippen LogP contribution in [0.4, 0.5) is 0 Å². The van der Waals surface area contributed by atoms with Crippen LogP contribution in [0, 0.1) is 0 Å². The molecule has 1 N–H and O–H groups in total. The Morgan fingerprint density at radius 1 is 1.06 bits per heavy atom. The number of benzene rings is 1. The molecule has 1 aromatic rings. The normalized spacial score (nSPS) is 17.4. The fourth-order valence-corrected chi connectivity index (χ4v) is 4.06. The first-order valence-corrected chi connectivity index (χ1v) is 11.2. The van der Waals surface area contributed by atoms with Crippen LogP contribution in [0.2, 0.25) is 0 Å². The van der Waals surface area contributed by atoms with Gasteiger partial charge in [0.25, 0.3) is 11.8 Å². The van der Waals surface area contributed by atoms with E-state index < -0.39 is 0 Å². The molecule has 0 spiro atoms. The number of nitrogens with zero attached hydrogens (tertiary/aromatic N) is 3. The highest BCUT2D eigenvalue weighted by atomic mass is 16.5. The number of ether oxygens (including phenoxy) is 2. The Labute approximate surface area is 184 Å². The Morgan fingerprint density at radius 2 is 1.74 bits per heavy atom. The lowest BCUT2D eigenvalue weighted by atomic mass is 10.1. The maximum Gasteiger partial charge on any atom is 0.261 e. The highest BCUT2D eigenvalue weighted by molar-refractivity contribution is 6.21. The SMILES string of the molecule is CN=C(NCCCCN1C(=O)c2ccccc2C1=O)N1CCC(OCCCOC)CC1. The topological polar surface area (TPSA) is 83.5 Å². The number of rotatable bonds is 10. The average Bonchev–Trinajstić information content (AvgIpc) is 3.04. The third-order valence-corrected chi connectivity index (χ3v) is 5.77. The van der Waals surface area contributed by atoms with Gasteiger partial charge < -0.3 is 19.7 Å². The Bertz CT molecular complexity index is 740. The molecule has 0 unspecified atom stereocenters.